The number of nitrogens with zero attached hydrogens (tertiary/aromatic N) is 2. The highest BCUT2D eigenvalue weighted by molar-refractivity contribution is 7.90. The molecule has 2 bridgehead atoms. The molecule has 0 radical (unpaired) electrons. The number of sulfonamides is 1. The Morgan fingerprint density at radius 1 is 1.32 bits per heavy atom. The average Bonchev–Trinajstić information content (AvgIpc) is 3.04. The lowest BCUT2D eigenvalue weighted by Gasteiger charge is -2.20. The van der Waals surface area contributed by atoms with Gasteiger partial charge in [-0.2, -0.15) is 5.10 Å². The standard InChI is InChI=1S/C15H23N3O3S/c1-9-15(10(2)18(3)16-9)22(20,21)17-14(19)8-13-7-11-4-5-12(13)6-11/h11-13H,4-8H2,1-3H3,(H,17,19)/t11-,12-,13-/m0/s1. The molecule has 2 aliphatic rings. The second kappa shape index (κ2) is 5.37. The van der Waals surface area contributed by atoms with Crippen LogP contribution in [0.3, 0.4) is 0 Å². The highest BCUT2D eigenvalue weighted by Crippen LogP contribution is 2.49. The van der Waals surface area contributed by atoms with Crippen molar-refractivity contribution in [3.8, 4) is 0 Å². The lowest BCUT2D eigenvalue weighted by Crippen LogP contribution is -2.33. The lowest BCUT2D eigenvalue weighted by atomic mass is 9.86. The maximum Gasteiger partial charge on any atom is 0.267 e. The molecule has 0 aromatic carbocycles. The molecule has 3 rings (SSSR count). The van der Waals surface area contributed by atoms with Crippen LogP contribution in [0.5, 0.6) is 0 Å². The summed E-state index contributed by atoms with van der Waals surface area (Å²) in [7, 11) is -2.14. The van der Waals surface area contributed by atoms with Gasteiger partial charge in [-0.25, -0.2) is 13.1 Å². The Morgan fingerprint density at radius 3 is 2.55 bits per heavy atom. The zero-order valence-corrected chi connectivity index (χ0v) is 14.1. The maximum atomic E-state index is 12.4. The van der Waals surface area contributed by atoms with E-state index in [-0.39, 0.29) is 10.8 Å². The van der Waals surface area contributed by atoms with Crippen LogP contribution in [0.2, 0.25) is 0 Å². The summed E-state index contributed by atoms with van der Waals surface area (Å²) in [6.45, 7) is 3.33. The third kappa shape index (κ3) is 2.66. The SMILES string of the molecule is Cc1nn(C)c(C)c1S(=O)(=O)NC(=O)C[C@@H]1C[C@H]2CC[C@H]1C2. The predicted molar refractivity (Wildman–Crippen MR) is 81.6 cm³/mol. The van der Waals surface area contributed by atoms with E-state index < -0.39 is 10.0 Å². The first-order valence-corrected chi connectivity index (χ1v) is 9.32. The highest BCUT2D eigenvalue weighted by Gasteiger charge is 2.40. The highest BCUT2D eigenvalue weighted by atomic mass is 32.2. The first kappa shape index (κ1) is 15.5. The van der Waals surface area contributed by atoms with Gasteiger partial charge in [-0.15, -0.1) is 0 Å². The van der Waals surface area contributed by atoms with Gasteiger partial charge in [-0.3, -0.25) is 9.48 Å². The number of rotatable bonds is 4. The van der Waals surface area contributed by atoms with Crippen LogP contribution in [-0.2, 0) is 21.9 Å². The van der Waals surface area contributed by atoms with Crippen molar-refractivity contribution in [1.82, 2.24) is 14.5 Å². The Hall–Kier alpha value is -1.37. The minimum atomic E-state index is -3.84. The van der Waals surface area contributed by atoms with Crippen LogP contribution >= 0.6 is 0 Å². The summed E-state index contributed by atoms with van der Waals surface area (Å²) >= 11 is 0. The molecular weight excluding hydrogens is 302 g/mol. The minimum absolute atomic E-state index is 0.122. The molecule has 1 aromatic rings. The number of amides is 1. The van der Waals surface area contributed by atoms with E-state index in [4.69, 9.17) is 0 Å². The molecule has 3 atom stereocenters. The summed E-state index contributed by atoms with van der Waals surface area (Å²) < 4.78 is 28.6. The molecule has 1 amide bonds. The van der Waals surface area contributed by atoms with Crippen LogP contribution < -0.4 is 4.72 Å². The Morgan fingerprint density at radius 2 is 2.05 bits per heavy atom. The predicted octanol–water partition coefficient (Wildman–Crippen LogP) is 1.67. The second-order valence-electron chi connectivity index (χ2n) is 6.79. The molecule has 6 nitrogen and oxygen atoms in total. The summed E-state index contributed by atoms with van der Waals surface area (Å²) in [6.07, 6.45) is 5.07. The maximum absolute atomic E-state index is 12.4. The van der Waals surface area contributed by atoms with E-state index in [0.29, 0.717) is 29.6 Å². The van der Waals surface area contributed by atoms with E-state index in [2.05, 4.69) is 9.82 Å². The summed E-state index contributed by atoms with van der Waals surface area (Å²) in [5, 5.41) is 4.10. The van der Waals surface area contributed by atoms with Gasteiger partial charge in [0.2, 0.25) is 5.91 Å². The van der Waals surface area contributed by atoms with Crippen molar-refractivity contribution < 1.29 is 13.2 Å². The number of hydrogen-bond donors (Lipinski definition) is 1. The largest absolute Gasteiger partial charge is 0.274 e. The fourth-order valence-electron chi connectivity index (χ4n) is 4.25. The van der Waals surface area contributed by atoms with E-state index in [1.54, 1.807) is 20.9 Å². The van der Waals surface area contributed by atoms with Gasteiger partial charge < -0.3 is 0 Å². The zero-order chi connectivity index (χ0) is 16.1. The van der Waals surface area contributed by atoms with E-state index in [9.17, 15) is 13.2 Å². The average molecular weight is 325 g/mol. The third-order valence-electron chi connectivity index (χ3n) is 5.29. The molecule has 1 heterocycles. The number of carbonyl (C=O) groups excluding carboxylic acids is 1. The van der Waals surface area contributed by atoms with Gasteiger partial charge in [0.05, 0.1) is 11.4 Å². The normalized spacial score (nSPS) is 27.3. The minimum Gasteiger partial charge on any atom is -0.274 e. The van der Waals surface area contributed by atoms with Gasteiger partial charge in [0, 0.05) is 13.5 Å². The smallest absolute Gasteiger partial charge is 0.267 e. The fraction of sp³-hybridized carbons (Fsp3) is 0.733. The molecule has 22 heavy (non-hydrogen) atoms. The molecule has 1 aromatic heterocycles. The monoisotopic (exact) mass is 325 g/mol. The van der Waals surface area contributed by atoms with Crippen molar-refractivity contribution in [1.29, 1.82) is 0 Å². The van der Waals surface area contributed by atoms with E-state index >= 15 is 0 Å². The van der Waals surface area contributed by atoms with Crippen LogP contribution in [0.25, 0.3) is 0 Å². The number of hydrogen-bond acceptors (Lipinski definition) is 4. The Labute approximate surface area is 131 Å². The lowest BCUT2D eigenvalue weighted by molar-refractivity contribution is -0.120. The molecule has 2 aliphatic carbocycles. The van der Waals surface area contributed by atoms with Gasteiger partial charge in [0.15, 0.2) is 0 Å². The van der Waals surface area contributed by atoms with Gasteiger partial charge in [0.1, 0.15) is 4.90 Å². The topological polar surface area (TPSA) is 81.1 Å². The van der Waals surface area contributed by atoms with Gasteiger partial charge in [-0.1, -0.05) is 6.42 Å². The van der Waals surface area contributed by atoms with Gasteiger partial charge >= 0.3 is 0 Å². The van der Waals surface area contributed by atoms with E-state index in [1.807, 2.05) is 0 Å². The molecule has 0 unspecified atom stereocenters. The number of carbonyl (C=O) groups is 1. The number of nitrogens with one attached hydrogen (secondary N) is 1. The van der Waals surface area contributed by atoms with Crippen molar-refractivity contribution in [3.63, 3.8) is 0 Å². The molecule has 0 aliphatic heterocycles. The number of fused-ring (bicyclic) bond motifs is 2. The Balaban J connectivity index is 1.70. The van der Waals surface area contributed by atoms with Crippen molar-refractivity contribution >= 4 is 15.9 Å². The summed E-state index contributed by atoms with van der Waals surface area (Å²) in [5.41, 5.74) is 0.956. The third-order valence-corrected chi connectivity index (χ3v) is 6.92. The van der Waals surface area contributed by atoms with Crippen LogP contribution in [0.1, 0.15) is 43.5 Å². The molecule has 7 heteroatoms. The van der Waals surface area contributed by atoms with Crippen molar-refractivity contribution in [2.75, 3.05) is 0 Å². The van der Waals surface area contributed by atoms with Gasteiger partial charge in [-0.05, 0) is 50.9 Å². The quantitative estimate of drug-likeness (QED) is 0.913. The fourth-order valence-corrected chi connectivity index (χ4v) is 5.69. The van der Waals surface area contributed by atoms with Crippen molar-refractivity contribution in [3.05, 3.63) is 11.4 Å². The molecular formula is C15H23N3O3S. The summed E-state index contributed by atoms with van der Waals surface area (Å²) in [6, 6.07) is 0. The summed E-state index contributed by atoms with van der Waals surface area (Å²) in [5.74, 6) is 1.33. The number of aryl methyl sites for hydroxylation is 2. The van der Waals surface area contributed by atoms with Crippen LogP contribution in [0, 0.1) is 31.6 Å². The van der Waals surface area contributed by atoms with Gasteiger partial charge in [0.25, 0.3) is 10.0 Å². The van der Waals surface area contributed by atoms with Crippen LogP contribution in [0.15, 0.2) is 4.90 Å². The van der Waals surface area contributed by atoms with Crippen molar-refractivity contribution in [2.45, 2.75) is 50.8 Å². The second-order valence-corrected chi connectivity index (χ2v) is 8.41. The Kier molecular flexibility index (Phi) is 3.79. The number of aromatic nitrogens is 2. The van der Waals surface area contributed by atoms with Crippen LogP contribution in [-0.4, -0.2) is 24.1 Å². The zero-order valence-electron chi connectivity index (χ0n) is 13.3. The first-order chi connectivity index (χ1) is 10.3. The Bertz CT molecular complexity index is 708. The molecule has 0 saturated heterocycles. The van der Waals surface area contributed by atoms with Crippen LogP contribution in [0.4, 0.5) is 0 Å². The van der Waals surface area contributed by atoms with E-state index in [0.717, 1.165) is 12.3 Å². The molecule has 2 saturated carbocycles. The molecule has 122 valence electrons. The van der Waals surface area contributed by atoms with Crippen molar-refractivity contribution in [2.24, 2.45) is 24.8 Å². The molecule has 1 N–H and O–H groups in total. The summed E-state index contributed by atoms with van der Waals surface area (Å²) in [4.78, 5) is 12.3. The molecule has 0 spiro atoms. The van der Waals surface area contributed by atoms with E-state index in [1.165, 1.54) is 23.9 Å². The molecule has 2 fully saturated rings. The first-order valence-electron chi connectivity index (χ1n) is 7.83.